The summed E-state index contributed by atoms with van der Waals surface area (Å²) in [6, 6.07) is 0.961. The van der Waals surface area contributed by atoms with E-state index < -0.39 is 0 Å². The van der Waals surface area contributed by atoms with Gasteiger partial charge in [0.2, 0.25) is 0 Å². The maximum absolute atomic E-state index is 6.12. The van der Waals surface area contributed by atoms with Crippen LogP contribution in [0.3, 0.4) is 0 Å². The average Bonchev–Trinajstić information content (AvgIpc) is 3.18. The molecule has 0 aliphatic heterocycles. The Bertz CT molecular complexity index is 327. The fourth-order valence-electron chi connectivity index (χ4n) is 3.31. The molecule has 0 radical (unpaired) electrons. The van der Waals surface area contributed by atoms with E-state index in [1.807, 2.05) is 7.11 Å². The van der Waals surface area contributed by atoms with Gasteiger partial charge in [0.25, 0.3) is 0 Å². The minimum absolute atomic E-state index is 0. The standard InChI is InChI=1S/C14H27N3O.HI/c1-5-14(6-2)11(9-12(14)18-4)16-13(15)17(3)10-7-8-10;/h10-12H,5-9H2,1-4H3,(H2,15,16);1H. The van der Waals surface area contributed by atoms with Gasteiger partial charge in [-0.1, -0.05) is 13.8 Å². The monoisotopic (exact) mass is 381 g/mol. The second-order valence-electron chi connectivity index (χ2n) is 5.75. The molecule has 0 heterocycles. The van der Waals surface area contributed by atoms with Crippen LogP contribution in [0.25, 0.3) is 0 Å². The van der Waals surface area contributed by atoms with Gasteiger partial charge in [-0.3, -0.25) is 0 Å². The van der Waals surface area contributed by atoms with Crippen molar-refractivity contribution in [1.29, 1.82) is 0 Å². The summed E-state index contributed by atoms with van der Waals surface area (Å²) < 4.78 is 5.59. The number of nitrogens with zero attached hydrogens (tertiary/aromatic N) is 2. The molecule has 2 atom stereocenters. The van der Waals surface area contributed by atoms with Gasteiger partial charge in [-0.25, -0.2) is 4.99 Å². The Balaban J connectivity index is 0.00000180. The minimum Gasteiger partial charge on any atom is -0.381 e. The topological polar surface area (TPSA) is 50.8 Å². The molecule has 0 aromatic heterocycles. The first-order valence-electron chi connectivity index (χ1n) is 7.18. The smallest absolute Gasteiger partial charge is 0.191 e. The number of nitrogens with two attached hydrogens (primary N) is 1. The van der Waals surface area contributed by atoms with E-state index in [4.69, 9.17) is 15.5 Å². The van der Waals surface area contributed by atoms with Gasteiger partial charge < -0.3 is 15.4 Å². The molecular weight excluding hydrogens is 353 g/mol. The lowest BCUT2D eigenvalue weighted by Gasteiger charge is -2.53. The van der Waals surface area contributed by atoms with Gasteiger partial charge in [-0.05, 0) is 32.1 Å². The number of hydrogen-bond donors (Lipinski definition) is 1. The largest absolute Gasteiger partial charge is 0.381 e. The summed E-state index contributed by atoms with van der Waals surface area (Å²) in [5.41, 5.74) is 6.32. The molecule has 0 bridgehead atoms. The Kier molecular flexibility index (Phi) is 5.92. The summed E-state index contributed by atoms with van der Waals surface area (Å²) in [4.78, 5) is 6.91. The van der Waals surface area contributed by atoms with Crippen LogP contribution in [0.5, 0.6) is 0 Å². The van der Waals surface area contributed by atoms with Crippen molar-refractivity contribution < 1.29 is 4.74 Å². The van der Waals surface area contributed by atoms with Crippen LogP contribution in [0, 0.1) is 5.41 Å². The van der Waals surface area contributed by atoms with Gasteiger partial charge in [-0.2, -0.15) is 0 Å². The zero-order valence-electron chi connectivity index (χ0n) is 12.6. The van der Waals surface area contributed by atoms with E-state index in [2.05, 4.69) is 25.8 Å². The van der Waals surface area contributed by atoms with Crippen molar-refractivity contribution in [3.05, 3.63) is 0 Å². The van der Waals surface area contributed by atoms with Crippen LogP contribution in [0.15, 0.2) is 4.99 Å². The third-order valence-electron chi connectivity index (χ3n) is 5.09. The summed E-state index contributed by atoms with van der Waals surface area (Å²) in [5.74, 6) is 0.711. The molecule has 0 amide bonds. The van der Waals surface area contributed by atoms with Crippen LogP contribution in [0.1, 0.15) is 46.0 Å². The van der Waals surface area contributed by atoms with Gasteiger partial charge in [0.1, 0.15) is 0 Å². The highest BCUT2D eigenvalue weighted by Gasteiger charge is 2.53. The minimum atomic E-state index is 0. The van der Waals surface area contributed by atoms with Gasteiger partial charge in [0, 0.05) is 25.6 Å². The van der Waals surface area contributed by atoms with Crippen molar-refractivity contribution in [1.82, 2.24) is 4.90 Å². The maximum atomic E-state index is 6.12. The molecule has 2 unspecified atom stereocenters. The quantitative estimate of drug-likeness (QED) is 0.453. The first-order chi connectivity index (χ1) is 8.58. The number of ether oxygens (including phenoxy) is 1. The van der Waals surface area contributed by atoms with E-state index in [1.165, 1.54) is 12.8 Å². The zero-order valence-corrected chi connectivity index (χ0v) is 14.9. The fourth-order valence-corrected chi connectivity index (χ4v) is 3.31. The normalized spacial score (nSPS) is 29.4. The number of guanidine groups is 1. The predicted molar refractivity (Wildman–Crippen MR) is 90.0 cm³/mol. The van der Waals surface area contributed by atoms with Crippen molar-refractivity contribution in [2.24, 2.45) is 16.1 Å². The molecule has 2 fully saturated rings. The van der Waals surface area contributed by atoms with Gasteiger partial charge in [-0.15, -0.1) is 24.0 Å². The molecule has 112 valence electrons. The Labute approximate surface area is 134 Å². The van der Waals surface area contributed by atoms with Crippen molar-refractivity contribution in [3.8, 4) is 0 Å². The summed E-state index contributed by atoms with van der Waals surface area (Å²) >= 11 is 0. The lowest BCUT2D eigenvalue weighted by molar-refractivity contribution is -0.112. The third kappa shape index (κ3) is 3.01. The average molecular weight is 381 g/mol. The molecule has 0 saturated heterocycles. The number of rotatable bonds is 5. The predicted octanol–water partition coefficient (Wildman–Crippen LogP) is 2.61. The van der Waals surface area contributed by atoms with E-state index in [-0.39, 0.29) is 29.4 Å². The van der Waals surface area contributed by atoms with Gasteiger partial charge in [0.05, 0.1) is 12.1 Å². The molecule has 4 nitrogen and oxygen atoms in total. The Morgan fingerprint density at radius 2 is 1.95 bits per heavy atom. The molecule has 0 spiro atoms. The van der Waals surface area contributed by atoms with E-state index >= 15 is 0 Å². The molecule has 2 saturated carbocycles. The van der Waals surface area contributed by atoms with E-state index in [9.17, 15) is 0 Å². The number of halogens is 1. The second-order valence-corrected chi connectivity index (χ2v) is 5.75. The number of methoxy groups -OCH3 is 1. The lowest BCUT2D eigenvalue weighted by Crippen LogP contribution is -2.57. The van der Waals surface area contributed by atoms with E-state index in [1.54, 1.807) is 0 Å². The molecule has 19 heavy (non-hydrogen) atoms. The molecule has 2 N–H and O–H groups in total. The first kappa shape index (κ1) is 17.0. The Hall–Kier alpha value is -0.0400. The zero-order chi connectivity index (χ0) is 13.3. The summed E-state index contributed by atoms with van der Waals surface area (Å²) in [5, 5.41) is 0. The summed E-state index contributed by atoms with van der Waals surface area (Å²) in [6.07, 6.45) is 6.08. The van der Waals surface area contributed by atoms with Crippen LogP contribution >= 0.6 is 24.0 Å². The first-order valence-corrected chi connectivity index (χ1v) is 7.18. The molecule has 0 aromatic rings. The SMILES string of the molecule is CCC1(CC)C(N=C(N)N(C)C2CC2)CC1OC.I. The van der Waals surface area contributed by atoms with Gasteiger partial charge in [0.15, 0.2) is 5.96 Å². The summed E-state index contributed by atoms with van der Waals surface area (Å²) in [6.45, 7) is 4.47. The van der Waals surface area contributed by atoms with Gasteiger partial charge >= 0.3 is 0 Å². The highest BCUT2D eigenvalue weighted by Crippen LogP contribution is 2.50. The lowest BCUT2D eigenvalue weighted by atomic mass is 9.59. The molecule has 2 aliphatic rings. The maximum Gasteiger partial charge on any atom is 0.191 e. The van der Waals surface area contributed by atoms with Crippen LogP contribution in [0.2, 0.25) is 0 Å². The molecule has 0 aromatic carbocycles. The van der Waals surface area contributed by atoms with Crippen molar-refractivity contribution in [2.75, 3.05) is 14.2 Å². The third-order valence-corrected chi connectivity index (χ3v) is 5.09. The van der Waals surface area contributed by atoms with E-state index in [0.29, 0.717) is 24.1 Å². The van der Waals surface area contributed by atoms with E-state index in [0.717, 1.165) is 19.3 Å². The van der Waals surface area contributed by atoms with Crippen LogP contribution in [-0.4, -0.2) is 43.2 Å². The van der Waals surface area contributed by atoms with Crippen molar-refractivity contribution in [3.63, 3.8) is 0 Å². The highest BCUT2D eigenvalue weighted by atomic mass is 127. The molecule has 2 rings (SSSR count). The highest BCUT2D eigenvalue weighted by molar-refractivity contribution is 14.0. The second kappa shape index (κ2) is 6.61. The Morgan fingerprint density at radius 3 is 2.37 bits per heavy atom. The Morgan fingerprint density at radius 1 is 1.37 bits per heavy atom. The van der Waals surface area contributed by atoms with Crippen LogP contribution in [0.4, 0.5) is 0 Å². The molecular formula is C14H28IN3O. The fraction of sp³-hybridized carbons (Fsp3) is 0.929. The molecule has 5 heteroatoms. The summed E-state index contributed by atoms with van der Waals surface area (Å²) in [7, 11) is 3.87. The van der Waals surface area contributed by atoms with Crippen LogP contribution < -0.4 is 5.73 Å². The van der Waals surface area contributed by atoms with Crippen LogP contribution in [-0.2, 0) is 4.74 Å². The number of aliphatic imine (C=N–C) groups is 1. The number of hydrogen-bond acceptors (Lipinski definition) is 2. The molecule has 2 aliphatic carbocycles. The van der Waals surface area contributed by atoms with Crippen molar-refractivity contribution in [2.45, 2.75) is 64.1 Å². The van der Waals surface area contributed by atoms with Crippen molar-refractivity contribution >= 4 is 29.9 Å².